The van der Waals surface area contributed by atoms with E-state index in [1.54, 1.807) is 18.2 Å². The van der Waals surface area contributed by atoms with Gasteiger partial charge in [0.25, 0.3) is 0 Å². The summed E-state index contributed by atoms with van der Waals surface area (Å²) in [6, 6.07) is 5.13. The summed E-state index contributed by atoms with van der Waals surface area (Å²) in [4.78, 5) is 15.9. The molecule has 1 heterocycles. The Morgan fingerprint density at radius 1 is 1.24 bits per heavy atom. The Labute approximate surface area is 131 Å². The number of carbonyl (C=O) groups excluding carboxylic acids is 1. The van der Waals surface area contributed by atoms with E-state index in [9.17, 15) is 4.79 Å². The summed E-state index contributed by atoms with van der Waals surface area (Å²) in [6.45, 7) is 9.59. The van der Waals surface area contributed by atoms with Crippen molar-refractivity contribution in [2.45, 2.75) is 13.3 Å². The molecule has 0 atom stereocenters. The smallest absolute Gasteiger partial charge is 0.153 e. The Hall–Kier alpha value is -1.10. The van der Waals surface area contributed by atoms with E-state index in [-0.39, 0.29) is 0 Å². The van der Waals surface area contributed by atoms with Gasteiger partial charge in [0, 0.05) is 37.7 Å². The maximum atomic E-state index is 11.0. The maximum absolute atomic E-state index is 11.0. The second kappa shape index (κ2) is 8.37. The Morgan fingerprint density at radius 3 is 2.62 bits per heavy atom. The van der Waals surface area contributed by atoms with Crippen LogP contribution < -0.4 is 4.74 Å². The second-order valence-corrected chi connectivity index (χ2v) is 5.71. The standard InChI is InChI=1S/C16H23ClN2O2/c1-2-18-7-9-19(10-8-18)6-3-11-21-16-5-4-15(17)12-14(16)13-20/h4-5,12-13H,2-3,6-11H2,1H3. The molecule has 1 saturated heterocycles. The number of nitrogens with zero attached hydrogens (tertiary/aromatic N) is 2. The summed E-state index contributed by atoms with van der Waals surface area (Å²) in [5, 5.41) is 0.554. The number of hydrogen-bond donors (Lipinski definition) is 0. The van der Waals surface area contributed by atoms with Gasteiger partial charge in [0.05, 0.1) is 12.2 Å². The van der Waals surface area contributed by atoms with E-state index in [4.69, 9.17) is 16.3 Å². The zero-order valence-corrected chi connectivity index (χ0v) is 13.3. The summed E-state index contributed by atoms with van der Waals surface area (Å²) in [6.07, 6.45) is 1.75. The number of carbonyl (C=O) groups is 1. The fourth-order valence-corrected chi connectivity index (χ4v) is 2.72. The third-order valence-corrected chi connectivity index (χ3v) is 4.12. The molecule has 1 aliphatic rings. The van der Waals surface area contributed by atoms with E-state index < -0.39 is 0 Å². The molecule has 0 radical (unpaired) electrons. The normalized spacial score (nSPS) is 16.9. The molecule has 1 fully saturated rings. The van der Waals surface area contributed by atoms with Crippen molar-refractivity contribution >= 4 is 17.9 Å². The van der Waals surface area contributed by atoms with Crippen molar-refractivity contribution in [3.05, 3.63) is 28.8 Å². The molecule has 0 saturated carbocycles. The van der Waals surface area contributed by atoms with Crippen LogP contribution in [0.3, 0.4) is 0 Å². The van der Waals surface area contributed by atoms with Crippen LogP contribution in [-0.4, -0.2) is 62.0 Å². The molecule has 21 heavy (non-hydrogen) atoms. The Kier molecular flexibility index (Phi) is 6.49. The Bertz CT molecular complexity index is 460. The molecule has 0 amide bonds. The van der Waals surface area contributed by atoms with Gasteiger partial charge in [0.15, 0.2) is 6.29 Å². The molecular formula is C16H23ClN2O2. The first kappa shape index (κ1) is 16.3. The van der Waals surface area contributed by atoms with Crippen molar-refractivity contribution in [2.75, 3.05) is 45.9 Å². The minimum atomic E-state index is 0.513. The van der Waals surface area contributed by atoms with E-state index in [0.717, 1.165) is 52.0 Å². The molecule has 116 valence electrons. The quantitative estimate of drug-likeness (QED) is 0.572. The predicted octanol–water partition coefficient (Wildman–Crippen LogP) is 2.56. The molecular weight excluding hydrogens is 288 g/mol. The van der Waals surface area contributed by atoms with Crippen LogP contribution in [0.2, 0.25) is 5.02 Å². The Morgan fingerprint density at radius 2 is 1.95 bits per heavy atom. The van der Waals surface area contributed by atoms with Gasteiger partial charge < -0.3 is 14.5 Å². The number of halogens is 1. The van der Waals surface area contributed by atoms with Gasteiger partial charge in [-0.05, 0) is 31.2 Å². The molecule has 1 aromatic carbocycles. The fourth-order valence-electron chi connectivity index (χ4n) is 2.54. The number of ether oxygens (including phenoxy) is 1. The summed E-state index contributed by atoms with van der Waals surface area (Å²) < 4.78 is 5.69. The summed E-state index contributed by atoms with van der Waals surface area (Å²) in [7, 11) is 0. The van der Waals surface area contributed by atoms with Crippen molar-refractivity contribution in [3.8, 4) is 5.75 Å². The third kappa shape index (κ3) is 4.99. The highest BCUT2D eigenvalue weighted by Gasteiger charge is 2.14. The minimum absolute atomic E-state index is 0.513. The van der Waals surface area contributed by atoms with Crippen LogP contribution in [-0.2, 0) is 0 Å². The fraction of sp³-hybridized carbons (Fsp3) is 0.562. The molecule has 1 aromatic rings. The number of piperazine rings is 1. The van der Waals surface area contributed by atoms with Gasteiger partial charge in [0.2, 0.25) is 0 Å². The first-order chi connectivity index (χ1) is 10.2. The zero-order chi connectivity index (χ0) is 15.1. The van der Waals surface area contributed by atoms with E-state index in [0.29, 0.717) is 22.9 Å². The Balaban J connectivity index is 1.69. The van der Waals surface area contributed by atoms with Crippen molar-refractivity contribution in [1.29, 1.82) is 0 Å². The highest BCUT2D eigenvalue weighted by molar-refractivity contribution is 6.30. The van der Waals surface area contributed by atoms with Crippen LogP contribution in [0.4, 0.5) is 0 Å². The zero-order valence-electron chi connectivity index (χ0n) is 12.6. The highest BCUT2D eigenvalue weighted by Crippen LogP contribution is 2.21. The van der Waals surface area contributed by atoms with Crippen molar-refractivity contribution in [1.82, 2.24) is 9.80 Å². The highest BCUT2D eigenvalue weighted by atomic mass is 35.5. The molecule has 0 unspecified atom stereocenters. The predicted molar refractivity (Wildman–Crippen MR) is 85.5 cm³/mol. The number of benzene rings is 1. The molecule has 0 bridgehead atoms. The molecule has 0 aliphatic carbocycles. The molecule has 5 heteroatoms. The third-order valence-electron chi connectivity index (χ3n) is 3.89. The van der Waals surface area contributed by atoms with Crippen molar-refractivity contribution < 1.29 is 9.53 Å². The van der Waals surface area contributed by atoms with E-state index in [1.807, 2.05) is 0 Å². The molecule has 2 rings (SSSR count). The van der Waals surface area contributed by atoms with Crippen LogP contribution in [0.25, 0.3) is 0 Å². The van der Waals surface area contributed by atoms with Crippen molar-refractivity contribution in [3.63, 3.8) is 0 Å². The average Bonchev–Trinajstić information content (AvgIpc) is 2.53. The maximum Gasteiger partial charge on any atom is 0.153 e. The first-order valence-corrected chi connectivity index (χ1v) is 7.93. The lowest BCUT2D eigenvalue weighted by Crippen LogP contribution is -2.46. The number of aldehydes is 1. The summed E-state index contributed by atoms with van der Waals surface area (Å²) >= 11 is 5.86. The first-order valence-electron chi connectivity index (χ1n) is 7.55. The van der Waals surface area contributed by atoms with Crippen LogP contribution in [0, 0.1) is 0 Å². The van der Waals surface area contributed by atoms with Crippen LogP contribution in [0.5, 0.6) is 5.75 Å². The van der Waals surface area contributed by atoms with Crippen molar-refractivity contribution in [2.24, 2.45) is 0 Å². The van der Waals surface area contributed by atoms with E-state index in [2.05, 4.69) is 16.7 Å². The van der Waals surface area contributed by atoms with Gasteiger partial charge in [-0.15, -0.1) is 0 Å². The second-order valence-electron chi connectivity index (χ2n) is 5.28. The minimum Gasteiger partial charge on any atom is -0.493 e. The lowest BCUT2D eigenvalue weighted by molar-refractivity contribution is 0.111. The van der Waals surface area contributed by atoms with Gasteiger partial charge in [-0.3, -0.25) is 4.79 Å². The molecule has 1 aliphatic heterocycles. The number of hydrogen-bond acceptors (Lipinski definition) is 4. The van der Waals surface area contributed by atoms with Gasteiger partial charge in [-0.25, -0.2) is 0 Å². The summed E-state index contributed by atoms with van der Waals surface area (Å²) in [5.74, 6) is 0.616. The molecule has 0 spiro atoms. The topological polar surface area (TPSA) is 32.8 Å². The lowest BCUT2D eigenvalue weighted by Gasteiger charge is -2.33. The molecule has 0 N–H and O–H groups in total. The molecule has 4 nitrogen and oxygen atoms in total. The van der Waals surface area contributed by atoms with Gasteiger partial charge in [-0.2, -0.15) is 0 Å². The number of rotatable bonds is 7. The van der Waals surface area contributed by atoms with Crippen LogP contribution in [0.15, 0.2) is 18.2 Å². The number of likely N-dealkylation sites (N-methyl/N-ethyl adjacent to an activating group) is 1. The van der Waals surface area contributed by atoms with E-state index in [1.165, 1.54) is 0 Å². The monoisotopic (exact) mass is 310 g/mol. The van der Waals surface area contributed by atoms with Crippen LogP contribution in [0.1, 0.15) is 23.7 Å². The summed E-state index contributed by atoms with van der Waals surface area (Å²) in [5.41, 5.74) is 0.513. The SMILES string of the molecule is CCN1CCN(CCCOc2ccc(Cl)cc2C=O)CC1. The van der Waals surface area contributed by atoms with E-state index >= 15 is 0 Å². The van der Waals surface area contributed by atoms with Crippen LogP contribution >= 0.6 is 11.6 Å². The van der Waals surface area contributed by atoms with Gasteiger partial charge in [-0.1, -0.05) is 18.5 Å². The molecule has 0 aromatic heterocycles. The average molecular weight is 311 g/mol. The van der Waals surface area contributed by atoms with Gasteiger partial charge >= 0.3 is 0 Å². The van der Waals surface area contributed by atoms with Gasteiger partial charge in [0.1, 0.15) is 5.75 Å². The largest absolute Gasteiger partial charge is 0.493 e. The lowest BCUT2D eigenvalue weighted by atomic mass is 10.2.